The maximum atomic E-state index is 11.4. The van der Waals surface area contributed by atoms with Gasteiger partial charge in [0.15, 0.2) is 0 Å². The molecule has 1 aromatic rings. The molecule has 0 aromatic carbocycles. The van der Waals surface area contributed by atoms with E-state index in [9.17, 15) is 5.11 Å². The largest absolute Gasteiger partial charge is 0.382 e. The van der Waals surface area contributed by atoms with Crippen molar-refractivity contribution in [1.29, 1.82) is 0 Å². The average molecular weight is 166 g/mol. The van der Waals surface area contributed by atoms with E-state index in [-0.39, 0.29) is 5.92 Å². The van der Waals surface area contributed by atoms with Crippen LogP contribution < -0.4 is 5.73 Å². The second kappa shape index (κ2) is 2.79. The number of aromatic amines is 1. The van der Waals surface area contributed by atoms with E-state index in [1.165, 1.54) is 0 Å². The standard InChI is InChI=1S/C8H12N3O/c9-8-6(4-10-11-8)5-2-1-3-7(5)12/h4-5,7H,1-3H2,(H3,9,10,11). The third-order valence-electron chi connectivity index (χ3n) is 2.55. The minimum absolute atomic E-state index is 0.0868. The zero-order valence-corrected chi connectivity index (χ0v) is 6.79. The van der Waals surface area contributed by atoms with Gasteiger partial charge in [-0.3, -0.25) is 5.10 Å². The molecule has 1 saturated carbocycles. The Balaban J connectivity index is 2.24. The summed E-state index contributed by atoms with van der Waals surface area (Å²) in [6, 6.07) is 0. The van der Waals surface area contributed by atoms with Crippen molar-refractivity contribution in [3.8, 4) is 0 Å². The summed E-state index contributed by atoms with van der Waals surface area (Å²) in [4.78, 5) is 0. The number of nitrogens with zero attached hydrogens (tertiary/aromatic N) is 1. The second-order valence-corrected chi connectivity index (χ2v) is 3.30. The predicted octanol–water partition coefficient (Wildman–Crippen LogP) is 1.06. The van der Waals surface area contributed by atoms with Crippen molar-refractivity contribution in [3.05, 3.63) is 11.8 Å². The number of hydrogen-bond acceptors (Lipinski definition) is 2. The zero-order chi connectivity index (χ0) is 8.55. The lowest BCUT2D eigenvalue weighted by molar-refractivity contribution is 0.0806. The fourth-order valence-corrected chi connectivity index (χ4v) is 1.89. The molecule has 0 amide bonds. The third kappa shape index (κ3) is 1.08. The number of H-pyrrole nitrogens is 1. The van der Waals surface area contributed by atoms with Gasteiger partial charge in [0.25, 0.3) is 0 Å². The number of hydrogen-bond donors (Lipinski definition) is 2. The molecule has 2 atom stereocenters. The molecule has 2 rings (SSSR count). The Bertz CT molecular complexity index is 271. The maximum Gasteiger partial charge on any atom is 0.148 e. The number of nitrogen functional groups attached to an aromatic ring is 1. The van der Waals surface area contributed by atoms with Crippen LogP contribution in [-0.2, 0) is 5.11 Å². The Hall–Kier alpha value is -1.03. The highest BCUT2D eigenvalue weighted by Gasteiger charge is 2.30. The minimum atomic E-state index is -0.482. The van der Waals surface area contributed by atoms with E-state index in [0.717, 1.165) is 24.8 Å². The molecular formula is C8H12N3O. The first-order valence-electron chi connectivity index (χ1n) is 4.24. The zero-order valence-electron chi connectivity index (χ0n) is 6.79. The highest BCUT2D eigenvalue weighted by Crippen LogP contribution is 2.36. The molecule has 2 unspecified atom stereocenters. The number of aromatic nitrogens is 2. The summed E-state index contributed by atoms with van der Waals surface area (Å²) < 4.78 is 0. The van der Waals surface area contributed by atoms with Crippen LogP contribution in [0.15, 0.2) is 6.20 Å². The highest BCUT2D eigenvalue weighted by molar-refractivity contribution is 5.40. The molecule has 0 aliphatic heterocycles. The molecule has 65 valence electrons. The summed E-state index contributed by atoms with van der Waals surface area (Å²) in [5, 5.41) is 17.9. The van der Waals surface area contributed by atoms with Crippen LogP contribution >= 0.6 is 0 Å². The SMILES string of the molecule is Nc1n[nH]cc1C1CCCC1[O]. The van der Waals surface area contributed by atoms with Crippen LogP contribution in [0.5, 0.6) is 0 Å². The fourth-order valence-electron chi connectivity index (χ4n) is 1.89. The Labute approximate surface area is 70.8 Å². The molecule has 0 bridgehead atoms. The van der Waals surface area contributed by atoms with Gasteiger partial charge in [0, 0.05) is 17.7 Å². The monoisotopic (exact) mass is 166 g/mol. The first kappa shape index (κ1) is 7.61. The normalized spacial score (nSPS) is 29.4. The molecule has 0 saturated heterocycles. The van der Waals surface area contributed by atoms with Crippen molar-refractivity contribution in [2.45, 2.75) is 31.3 Å². The molecule has 1 aliphatic rings. The van der Waals surface area contributed by atoms with Gasteiger partial charge in [0.2, 0.25) is 0 Å². The van der Waals surface area contributed by atoms with E-state index >= 15 is 0 Å². The van der Waals surface area contributed by atoms with Gasteiger partial charge in [-0.2, -0.15) is 5.10 Å². The van der Waals surface area contributed by atoms with Gasteiger partial charge in [-0.15, -0.1) is 0 Å². The fraction of sp³-hybridized carbons (Fsp3) is 0.625. The quantitative estimate of drug-likeness (QED) is 0.654. The maximum absolute atomic E-state index is 11.4. The van der Waals surface area contributed by atoms with E-state index in [2.05, 4.69) is 10.2 Å². The second-order valence-electron chi connectivity index (χ2n) is 3.30. The smallest absolute Gasteiger partial charge is 0.148 e. The number of rotatable bonds is 1. The molecule has 4 heteroatoms. The first-order chi connectivity index (χ1) is 5.79. The summed E-state index contributed by atoms with van der Waals surface area (Å²) >= 11 is 0. The number of nitrogens with one attached hydrogen (secondary N) is 1. The predicted molar refractivity (Wildman–Crippen MR) is 44.1 cm³/mol. The van der Waals surface area contributed by atoms with Crippen LogP contribution in [0, 0.1) is 0 Å². The van der Waals surface area contributed by atoms with E-state index < -0.39 is 6.10 Å². The Morgan fingerprint density at radius 2 is 2.42 bits per heavy atom. The summed E-state index contributed by atoms with van der Waals surface area (Å²) in [6.45, 7) is 0. The van der Waals surface area contributed by atoms with E-state index in [1.54, 1.807) is 6.20 Å². The van der Waals surface area contributed by atoms with Crippen molar-refractivity contribution >= 4 is 5.82 Å². The van der Waals surface area contributed by atoms with Gasteiger partial charge in [-0.25, -0.2) is 5.11 Å². The summed E-state index contributed by atoms with van der Waals surface area (Å²) in [5.41, 5.74) is 6.51. The van der Waals surface area contributed by atoms with Crippen LogP contribution in [0.4, 0.5) is 5.82 Å². The van der Waals surface area contributed by atoms with Gasteiger partial charge in [-0.1, -0.05) is 6.42 Å². The molecule has 0 spiro atoms. The van der Waals surface area contributed by atoms with E-state index in [0.29, 0.717) is 5.82 Å². The highest BCUT2D eigenvalue weighted by atomic mass is 16.3. The van der Waals surface area contributed by atoms with Crippen LogP contribution in [-0.4, -0.2) is 16.3 Å². The van der Waals surface area contributed by atoms with Gasteiger partial charge < -0.3 is 5.73 Å². The lowest BCUT2D eigenvalue weighted by atomic mass is 9.98. The third-order valence-corrected chi connectivity index (χ3v) is 2.55. The van der Waals surface area contributed by atoms with Gasteiger partial charge >= 0.3 is 0 Å². The lowest BCUT2D eigenvalue weighted by Gasteiger charge is -2.10. The summed E-state index contributed by atoms with van der Waals surface area (Å²) in [7, 11) is 0. The van der Waals surface area contributed by atoms with Crippen molar-refractivity contribution in [1.82, 2.24) is 10.2 Å². The van der Waals surface area contributed by atoms with Crippen molar-refractivity contribution in [2.24, 2.45) is 0 Å². The van der Waals surface area contributed by atoms with Gasteiger partial charge in [0.1, 0.15) is 5.82 Å². The molecule has 3 N–H and O–H groups in total. The van der Waals surface area contributed by atoms with Crippen LogP contribution in [0.1, 0.15) is 30.7 Å². The molecule has 1 aliphatic carbocycles. The van der Waals surface area contributed by atoms with Crippen LogP contribution in [0.2, 0.25) is 0 Å². The number of anilines is 1. The minimum Gasteiger partial charge on any atom is -0.382 e. The van der Waals surface area contributed by atoms with Crippen molar-refractivity contribution in [2.75, 3.05) is 5.73 Å². The summed E-state index contributed by atoms with van der Waals surface area (Å²) in [6.07, 6.45) is 4.01. The van der Waals surface area contributed by atoms with E-state index in [4.69, 9.17) is 5.73 Å². The van der Waals surface area contributed by atoms with Gasteiger partial charge in [-0.05, 0) is 12.8 Å². The van der Waals surface area contributed by atoms with E-state index in [1.807, 2.05) is 0 Å². The van der Waals surface area contributed by atoms with Crippen molar-refractivity contribution < 1.29 is 5.11 Å². The lowest BCUT2D eigenvalue weighted by Crippen LogP contribution is -2.10. The van der Waals surface area contributed by atoms with Crippen LogP contribution in [0.25, 0.3) is 0 Å². The molecule has 12 heavy (non-hydrogen) atoms. The molecule has 4 nitrogen and oxygen atoms in total. The topological polar surface area (TPSA) is 74.6 Å². The van der Waals surface area contributed by atoms with Crippen LogP contribution in [0.3, 0.4) is 0 Å². The van der Waals surface area contributed by atoms with Crippen molar-refractivity contribution in [3.63, 3.8) is 0 Å². The molecule has 1 fully saturated rings. The summed E-state index contributed by atoms with van der Waals surface area (Å²) in [5.74, 6) is 0.575. The molecule has 1 radical (unpaired) electrons. The first-order valence-corrected chi connectivity index (χ1v) is 4.24. The molecular weight excluding hydrogens is 154 g/mol. The Morgan fingerprint density at radius 3 is 2.92 bits per heavy atom. The average Bonchev–Trinajstić information content (AvgIpc) is 2.59. The Morgan fingerprint density at radius 1 is 1.58 bits per heavy atom. The molecule has 1 heterocycles. The Kier molecular flexibility index (Phi) is 1.77. The number of nitrogens with two attached hydrogens (primary N) is 1. The van der Waals surface area contributed by atoms with Gasteiger partial charge in [0.05, 0.1) is 6.10 Å². The molecule has 1 aromatic heterocycles.